The molecule has 0 aromatic rings. The van der Waals surface area contributed by atoms with Gasteiger partial charge in [-0.15, -0.1) is 11.8 Å². The predicted molar refractivity (Wildman–Crippen MR) is 54.5 cm³/mol. The zero-order valence-corrected chi connectivity index (χ0v) is 8.54. The lowest BCUT2D eigenvalue weighted by Crippen LogP contribution is -2.56. The number of thioether (sulfide) groups is 1. The van der Waals surface area contributed by atoms with Gasteiger partial charge in [-0.2, -0.15) is 0 Å². The highest BCUT2D eigenvalue weighted by Gasteiger charge is 2.36. The molecule has 2 heterocycles. The Balaban J connectivity index is 1.97. The predicted octanol–water partition coefficient (Wildman–Crippen LogP) is 1.18. The van der Waals surface area contributed by atoms with Crippen molar-refractivity contribution in [1.82, 2.24) is 10.6 Å². The molecule has 70 valence electrons. The average Bonchev–Trinajstić information content (AvgIpc) is 2.05. The number of piperidine rings is 1. The van der Waals surface area contributed by atoms with Gasteiger partial charge in [0, 0.05) is 11.8 Å². The second-order valence-electron chi connectivity index (χ2n) is 3.92. The summed E-state index contributed by atoms with van der Waals surface area (Å²) in [6.07, 6.45) is 3.99. The summed E-state index contributed by atoms with van der Waals surface area (Å²) in [4.78, 5) is 0.385. The molecule has 2 fully saturated rings. The van der Waals surface area contributed by atoms with E-state index in [9.17, 15) is 0 Å². The van der Waals surface area contributed by atoms with Gasteiger partial charge in [0.1, 0.15) is 0 Å². The fraction of sp³-hybridized carbons (Fsp3) is 1.00. The molecule has 3 heteroatoms. The summed E-state index contributed by atoms with van der Waals surface area (Å²) in [5.74, 6) is 0. The van der Waals surface area contributed by atoms with Crippen LogP contribution in [0.5, 0.6) is 0 Å². The van der Waals surface area contributed by atoms with Gasteiger partial charge in [0.25, 0.3) is 0 Å². The molecule has 0 aromatic heterocycles. The fourth-order valence-electron chi connectivity index (χ4n) is 2.12. The molecule has 2 atom stereocenters. The monoisotopic (exact) mass is 186 g/mol. The van der Waals surface area contributed by atoms with Gasteiger partial charge in [-0.05, 0) is 32.4 Å². The SMILES string of the molecule is CC1CCNC2(CCCNC2)S1. The molecule has 0 bridgehead atoms. The first-order valence-electron chi connectivity index (χ1n) is 4.94. The summed E-state index contributed by atoms with van der Waals surface area (Å²) in [6, 6.07) is 0. The second-order valence-corrected chi connectivity index (χ2v) is 5.74. The van der Waals surface area contributed by atoms with E-state index in [4.69, 9.17) is 0 Å². The van der Waals surface area contributed by atoms with Crippen LogP contribution in [0.4, 0.5) is 0 Å². The van der Waals surface area contributed by atoms with E-state index >= 15 is 0 Å². The van der Waals surface area contributed by atoms with Gasteiger partial charge >= 0.3 is 0 Å². The lowest BCUT2D eigenvalue weighted by atomic mass is 10.1. The molecule has 2 aliphatic rings. The highest BCUT2D eigenvalue weighted by molar-refractivity contribution is 8.01. The second kappa shape index (κ2) is 3.56. The molecule has 0 radical (unpaired) electrons. The van der Waals surface area contributed by atoms with Crippen LogP contribution in [0.3, 0.4) is 0 Å². The molecule has 2 rings (SSSR count). The van der Waals surface area contributed by atoms with Crippen molar-refractivity contribution in [2.75, 3.05) is 19.6 Å². The van der Waals surface area contributed by atoms with Gasteiger partial charge in [0.2, 0.25) is 0 Å². The van der Waals surface area contributed by atoms with E-state index in [2.05, 4.69) is 29.3 Å². The minimum atomic E-state index is 0.385. The van der Waals surface area contributed by atoms with Crippen LogP contribution in [0.25, 0.3) is 0 Å². The maximum absolute atomic E-state index is 3.67. The largest absolute Gasteiger partial charge is 0.314 e. The Morgan fingerprint density at radius 3 is 3.00 bits per heavy atom. The third-order valence-electron chi connectivity index (χ3n) is 2.77. The van der Waals surface area contributed by atoms with E-state index in [1.54, 1.807) is 0 Å². The minimum Gasteiger partial charge on any atom is -0.314 e. The smallest absolute Gasteiger partial charge is 0.0774 e. The molecule has 2 aliphatic heterocycles. The Kier molecular flexibility index (Phi) is 2.63. The van der Waals surface area contributed by atoms with E-state index in [-0.39, 0.29) is 0 Å². The molecule has 0 aromatic carbocycles. The van der Waals surface area contributed by atoms with Crippen molar-refractivity contribution >= 4 is 11.8 Å². The topological polar surface area (TPSA) is 24.1 Å². The van der Waals surface area contributed by atoms with Crippen molar-refractivity contribution in [3.8, 4) is 0 Å². The summed E-state index contributed by atoms with van der Waals surface area (Å²) in [5.41, 5.74) is 0. The Bertz CT molecular complexity index is 149. The quantitative estimate of drug-likeness (QED) is 0.594. The molecule has 2 unspecified atom stereocenters. The molecule has 0 saturated carbocycles. The van der Waals surface area contributed by atoms with Crippen molar-refractivity contribution in [2.45, 2.75) is 36.3 Å². The minimum absolute atomic E-state index is 0.385. The third-order valence-corrected chi connectivity index (χ3v) is 4.35. The Hall–Kier alpha value is 0.270. The van der Waals surface area contributed by atoms with Crippen LogP contribution in [0.2, 0.25) is 0 Å². The Morgan fingerprint density at radius 1 is 1.42 bits per heavy atom. The van der Waals surface area contributed by atoms with Crippen molar-refractivity contribution in [3.63, 3.8) is 0 Å². The summed E-state index contributed by atoms with van der Waals surface area (Å²) in [5, 5.41) is 7.99. The fourth-order valence-corrected chi connectivity index (χ4v) is 3.76. The maximum Gasteiger partial charge on any atom is 0.0774 e. The van der Waals surface area contributed by atoms with Gasteiger partial charge in [0.05, 0.1) is 4.87 Å². The standard InChI is InChI=1S/C9H18N2S/c1-8-3-6-11-9(12-8)4-2-5-10-7-9/h8,10-11H,2-7H2,1H3. The van der Waals surface area contributed by atoms with Gasteiger partial charge in [0.15, 0.2) is 0 Å². The van der Waals surface area contributed by atoms with Crippen molar-refractivity contribution in [2.24, 2.45) is 0 Å². The van der Waals surface area contributed by atoms with E-state index in [1.165, 1.54) is 32.4 Å². The summed E-state index contributed by atoms with van der Waals surface area (Å²) < 4.78 is 0. The maximum atomic E-state index is 3.67. The Morgan fingerprint density at radius 2 is 2.33 bits per heavy atom. The van der Waals surface area contributed by atoms with Gasteiger partial charge in [-0.25, -0.2) is 0 Å². The lowest BCUT2D eigenvalue weighted by Gasteiger charge is -2.43. The number of hydrogen-bond donors (Lipinski definition) is 2. The van der Waals surface area contributed by atoms with Gasteiger partial charge in [-0.1, -0.05) is 6.92 Å². The summed E-state index contributed by atoms with van der Waals surface area (Å²) in [7, 11) is 0. The Labute approximate surface area is 78.9 Å². The summed E-state index contributed by atoms with van der Waals surface area (Å²) >= 11 is 2.14. The number of hydrogen-bond acceptors (Lipinski definition) is 3. The van der Waals surface area contributed by atoms with E-state index in [0.717, 1.165) is 11.8 Å². The van der Waals surface area contributed by atoms with E-state index in [1.807, 2.05) is 0 Å². The average molecular weight is 186 g/mol. The normalized spacial score (nSPS) is 43.2. The zero-order valence-electron chi connectivity index (χ0n) is 7.73. The molecule has 12 heavy (non-hydrogen) atoms. The molecule has 2 nitrogen and oxygen atoms in total. The van der Waals surface area contributed by atoms with E-state index in [0.29, 0.717) is 4.87 Å². The first-order valence-corrected chi connectivity index (χ1v) is 5.82. The number of nitrogens with one attached hydrogen (secondary N) is 2. The van der Waals surface area contributed by atoms with Crippen LogP contribution in [0.15, 0.2) is 0 Å². The molecule has 1 spiro atoms. The zero-order chi connectivity index (χ0) is 8.44. The van der Waals surface area contributed by atoms with Crippen LogP contribution in [-0.4, -0.2) is 29.8 Å². The summed E-state index contributed by atoms with van der Waals surface area (Å²) in [6.45, 7) is 5.91. The van der Waals surface area contributed by atoms with Crippen molar-refractivity contribution in [3.05, 3.63) is 0 Å². The van der Waals surface area contributed by atoms with E-state index < -0.39 is 0 Å². The van der Waals surface area contributed by atoms with Crippen LogP contribution >= 0.6 is 11.8 Å². The van der Waals surface area contributed by atoms with Crippen molar-refractivity contribution < 1.29 is 0 Å². The molecular weight excluding hydrogens is 168 g/mol. The highest BCUT2D eigenvalue weighted by Crippen LogP contribution is 2.36. The molecular formula is C9H18N2S. The highest BCUT2D eigenvalue weighted by atomic mass is 32.2. The van der Waals surface area contributed by atoms with Gasteiger partial charge in [-0.3, -0.25) is 0 Å². The van der Waals surface area contributed by atoms with Crippen LogP contribution < -0.4 is 10.6 Å². The molecule has 2 saturated heterocycles. The lowest BCUT2D eigenvalue weighted by molar-refractivity contribution is 0.342. The number of rotatable bonds is 0. The molecule has 0 amide bonds. The van der Waals surface area contributed by atoms with Crippen LogP contribution in [-0.2, 0) is 0 Å². The van der Waals surface area contributed by atoms with Crippen molar-refractivity contribution in [1.29, 1.82) is 0 Å². The van der Waals surface area contributed by atoms with Crippen LogP contribution in [0, 0.1) is 0 Å². The van der Waals surface area contributed by atoms with Crippen LogP contribution in [0.1, 0.15) is 26.2 Å². The first-order chi connectivity index (χ1) is 5.81. The molecule has 0 aliphatic carbocycles. The first kappa shape index (κ1) is 8.85. The molecule has 2 N–H and O–H groups in total. The third kappa shape index (κ3) is 1.78. The van der Waals surface area contributed by atoms with Gasteiger partial charge < -0.3 is 10.6 Å².